The van der Waals surface area contributed by atoms with Crippen molar-refractivity contribution in [2.75, 3.05) is 0 Å². The maximum absolute atomic E-state index is 6.77. The molecule has 0 aliphatic heterocycles. The van der Waals surface area contributed by atoms with E-state index in [1.54, 1.807) is 0 Å². The summed E-state index contributed by atoms with van der Waals surface area (Å²) in [5, 5.41) is 8.43. The Labute approximate surface area is 348 Å². The molecule has 0 aliphatic carbocycles. The number of para-hydroxylation sites is 3. The second kappa shape index (κ2) is 13.1. The summed E-state index contributed by atoms with van der Waals surface area (Å²) in [7, 11) is 0. The quantitative estimate of drug-likeness (QED) is 0.174. The van der Waals surface area contributed by atoms with Crippen LogP contribution in [0, 0.1) is 0 Å². The number of hydrogen-bond donors (Lipinski definition) is 0. The smallest absolute Gasteiger partial charge is 0.164 e. The second-order valence-electron chi connectivity index (χ2n) is 15.5. The second-order valence-corrected chi connectivity index (χ2v) is 15.5. The predicted molar refractivity (Wildman–Crippen MR) is 248 cm³/mol. The van der Waals surface area contributed by atoms with Crippen LogP contribution < -0.4 is 0 Å². The molecule has 0 spiro atoms. The zero-order valence-electron chi connectivity index (χ0n) is 32.6. The van der Waals surface area contributed by atoms with Crippen molar-refractivity contribution in [3.05, 3.63) is 194 Å². The minimum Gasteiger partial charge on any atom is -0.455 e. The number of furan rings is 2. The molecule has 4 aromatic heterocycles. The van der Waals surface area contributed by atoms with Gasteiger partial charge in [0.2, 0.25) is 0 Å². The predicted octanol–water partition coefficient (Wildman–Crippen LogP) is 14.6. The molecule has 0 aliphatic rings. The Morgan fingerprint density at radius 2 is 0.836 bits per heavy atom. The Kier molecular flexibility index (Phi) is 7.21. The lowest BCUT2D eigenvalue weighted by Gasteiger charge is -2.13. The Bertz CT molecular complexity index is 3860. The molecule has 13 rings (SSSR count). The van der Waals surface area contributed by atoms with Gasteiger partial charge in [-0.25, -0.2) is 15.0 Å². The fourth-order valence-electron chi connectivity index (χ4n) is 9.19. The van der Waals surface area contributed by atoms with Gasteiger partial charge in [-0.3, -0.25) is 0 Å². The van der Waals surface area contributed by atoms with Crippen LogP contribution in [0.5, 0.6) is 0 Å². The molecule has 61 heavy (non-hydrogen) atoms. The highest BCUT2D eigenvalue weighted by atomic mass is 16.3. The number of hydrogen-bond acceptors (Lipinski definition) is 5. The van der Waals surface area contributed by atoms with Gasteiger partial charge in [-0.15, -0.1) is 0 Å². The average molecular weight is 781 g/mol. The van der Waals surface area contributed by atoms with Crippen LogP contribution in [-0.4, -0.2) is 19.5 Å². The monoisotopic (exact) mass is 780 g/mol. The van der Waals surface area contributed by atoms with E-state index in [4.69, 9.17) is 23.8 Å². The fraction of sp³-hybridized carbons (Fsp3) is 0. The molecule has 0 bridgehead atoms. The van der Waals surface area contributed by atoms with Crippen molar-refractivity contribution >= 4 is 76.5 Å². The van der Waals surface area contributed by atoms with Crippen LogP contribution in [0.25, 0.3) is 127 Å². The van der Waals surface area contributed by atoms with Crippen LogP contribution in [0.4, 0.5) is 0 Å². The third kappa shape index (κ3) is 5.19. The molecule has 284 valence electrons. The highest BCUT2D eigenvalue weighted by Crippen LogP contribution is 2.44. The first-order chi connectivity index (χ1) is 30.2. The molecule has 0 fully saturated rings. The maximum atomic E-state index is 6.77. The Hall–Kier alpha value is -8.35. The minimum absolute atomic E-state index is 0.585. The van der Waals surface area contributed by atoms with Crippen LogP contribution >= 0.6 is 0 Å². The summed E-state index contributed by atoms with van der Waals surface area (Å²) in [5.74, 6) is 1.79. The van der Waals surface area contributed by atoms with E-state index >= 15 is 0 Å². The lowest BCUT2D eigenvalue weighted by molar-refractivity contribution is 0.671. The largest absolute Gasteiger partial charge is 0.455 e. The number of fused-ring (bicyclic) bond motifs is 12. The summed E-state index contributed by atoms with van der Waals surface area (Å²) in [4.78, 5) is 15.6. The van der Waals surface area contributed by atoms with Crippen molar-refractivity contribution in [2.45, 2.75) is 0 Å². The molecular formula is C55H32N4O2. The maximum Gasteiger partial charge on any atom is 0.164 e. The normalized spacial score (nSPS) is 11.9. The molecule has 0 atom stereocenters. The minimum atomic E-state index is 0.585. The Balaban J connectivity index is 1.08. The zero-order valence-corrected chi connectivity index (χ0v) is 32.6. The van der Waals surface area contributed by atoms with Crippen LogP contribution in [0.2, 0.25) is 0 Å². The first kappa shape index (κ1) is 33.6. The molecule has 0 saturated heterocycles. The van der Waals surface area contributed by atoms with Crippen LogP contribution in [0.1, 0.15) is 0 Å². The molecule has 6 nitrogen and oxygen atoms in total. The first-order valence-electron chi connectivity index (χ1n) is 20.4. The van der Waals surface area contributed by atoms with Gasteiger partial charge in [-0.1, -0.05) is 152 Å². The van der Waals surface area contributed by atoms with E-state index in [1.807, 2.05) is 60.7 Å². The molecule has 0 N–H and O–H groups in total. The average Bonchev–Trinajstić information content (AvgIpc) is 4.02. The molecule has 0 radical (unpaired) electrons. The molecule has 0 unspecified atom stereocenters. The zero-order chi connectivity index (χ0) is 40.0. The lowest BCUT2D eigenvalue weighted by atomic mass is 9.98. The van der Waals surface area contributed by atoms with E-state index in [1.165, 1.54) is 0 Å². The van der Waals surface area contributed by atoms with Crippen molar-refractivity contribution in [3.63, 3.8) is 0 Å². The summed E-state index contributed by atoms with van der Waals surface area (Å²) in [6.07, 6.45) is 0. The van der Waals surface area contributed by atoms with Gasteiger partial charge in [0.25, 0.3) is 0 Å². The van der Waals surface area contributed by atoms with Gasteiger partial charge < -0.3 is 13.4 Å². The van der Waals surface area contributed by atoms with Gasteiger partial charge >= 0.3 is 0 Å². The standard InChI is InChI=1S/C55H32N4O2/c1-3-13-33(14-4-1)34-23-25-36(26-24-34)54-56-53(35-15-5-2-6-16-35)57-55(58-54)46-32-45-41-19-9-12-22-49(41)60-51(45)44-31-37(27-28-38(44)46)59-47-20-10-7-17-39(47)42-29-30-43-40-18-8-11-21-48(40)61-52(43)50(42)59/h1-32H. The number of rotatable bonds is 5. The molecular weight excluding hydrogens is 749 g/mol. The third-order valence-electron chi connectivity index (χ3n) is 12.1. The van der Waals surface area contributed by atoms with E-state index in [9.17, 15) is 0 Å². The van der Waals surface area contributed by atoms with Crippen molar-refractivity contribution in [3.8, 4) is 51.0 Å². The van der Waals surface area contributed by atoms with E-state index in [0.29, 0.717) is 17.5 Å². The number of nitrogens with zero attached hydrogens (tertiary/aromatic N) is 4. The summed E-state index contributed by atoms with van der Waals surface area (Å²) in [6.45, 7) is 0. The van der Waals surface area contributed by atoms with Gasteiger partial charge in [0.15, 0.2) is 23.1 Å². The van der Waals surface area contributed by atoms with Gasteiger partial charge in [0.1, 0.15) is 16.7 Å². The highest BCUT2D eigenvalue weighted by molar-refractivity contribution is 6.22. The molecule has 0 saturated carbocycles. The van der Waals surface area contributed by atoms with Gasteiger partial charge in [0, 0.05) is 60.1 Å². The van der Waals surface area contributed by atoms with Crippen LogP contribution in [0.15, 0.2) is 203 Å². The van der Waals surface area contributed by atoms with Crippen molar-refractivity contribution in [1.82, 2.24) is 19.5 Å². The van der Waals surface area contributed by atoms with E-state index in [-0.39, 0.29) is 0 Å². The van der Waals surface area contributed by atoms with Crippen molar-refractivity contribution in [1.29, 1.82) is 0 Å². The fourth-order valence-corrected chi connectivity index (χ4v) is 9.19. The van der Waals surface area contributed by atoms with Gasteiger partial charge in [-0.2, -0.15) is 0 Å². The summed E-state index contributed by atoms with van der Waals surface area (Å²) in [6, 6.07) is 67.3. The highest BCUT2D eigenvalue weighted by Gasteiger charge is 2.22. The van der Waals surface area contributed by atoms with Crippen molar-refractivity contribution in [2.24, 2.45) is 0 Å². The third-order valence-corrected chi connectivity index (χ3v) is 12.1. The van der Waals surface area contributed by atoms with E-state index in [2.05, 4.69) is 138 Å². The van der Waals surface area contributed by atoms with E-state index < -0.39 is 0 Å². The van der Waals surface area contributed by atoms with Crippen molar-refractivity contribution < 1.29 is 8.83 Å². The summed E-state index contributed by atoms with van der Waals surface area (Å²) in [5.41, 5.74) is 11.5. The van der Waals surface area contributed by atoms with Crippen LogP contribution in [0.3, 0.4) is 0 Å². The molecule has 4 heterocycles. The molecule has 13 aromatic rings. The topological polar surface area (TPSA) is 69.9 Å². The van der Waals surface area contributed by atoms with E-state index in [0.717, 1.165) is 110 Å². The number of benzene rings is 9. The lowest BCUT2D eigenvalue weighted by Crippen LogP contribution is -2.01. The first-order valence-corrected chi connectivity index (χ1v) is 20.4. The SMILES string of the molecule is c1ccc(-c2ccc(-c3nc(-c4ccccc4)nc(-c4cc5c6ccccc6oc5c5cc(-n6c7ccccc7c7ccc8c9ccccc9oc8c76)ccc45)n3)cc2)cc1. The number of aromatic nitrogens is 4. The van der Waals surface area contributed by atoms with Gasteiger partial charge in [-0.05, 0) is 59.0 Å². The Morgan fingerprint density at radius 3 is 1.57 bits per heavy atom. The summed E-state index contributed by atoms with van der Waals surface area (Å²) < 4.78 is 15.8. The van der Waals surface area contributed by atoms with Crippen LogP contribution in [-0.2, 0) is 0 Å². The molecule has 6 heteroatoms. The molecule has 0 amide bonds. The van der Waals surface area contributed by atoms with Gasteiger partial charge in [0.05, 0.1) is 11.0 Å². The summed E-state index contributed by atoms with van der Waals surface area (Å²) >= 11 is 0. The Morgan fingerprint density at radius 1 is 0.328 bits per heavy atom. The molecule has 9 aromatic carbocycles.